The summed E-state index contributed by atoms with van der Waals surface area (Å²) in [7, 11) is 0. The van der Waals surface area contributed by atoms with E-state index in [-0.39, 0.29) is 11.9 Å². The number of para-hydroxylation sites is 2. The van der Waals surface area contributed by atoms with Gasteiger partial charge in [-0.1, -0.05) is 36.4 Å². The monoisotopic (exact) mass is 378 g/mol. The van der Waals surface area contributed by atoms with Crippen molar-refractivity contribution < 1.29 is 9.53 Å². The van der Waals surface area contributed by atoms with Crippen LogP contribution in [0.5, 0.6) is 0 Å². The van der Waals surface area contributed by atoms with Crippen LogP contribution >= 0.6 is 0 Å². The molecule has 0 spiro atoms. The Kier molecular flexibility index (Phi) is 6.35. The van der Waals surface area contributed by atoms with Crippen molar-refractivity contribution in [3.8, 4) is 0 Å². The fourth-order valence-corrected chi connectivity index (χ4v) is 2.37. The second-order valence-electron chi connectivity index (χ2n) is 5.91. The molecule has 8 nitrogen and oxygen atoms in total. The Morgan fingerprint density at radius 3 is 1.79 bits per heavy atom. The second kappa shape index (κ2) is 9.31. The molecule has 0 aliphatic rings. The molecule has 0 fully saturated rings. The van der Waals surface area contributed by atoms with Crippen LogP contribution in [0.2, 0.25) is 0 Å². The normalized spacial score (nSPS) is 11.4. The molecule has 1 aromatic heterocycles. The molecule has 1 atom stereocenters. The van der Waals surface area contributed by atoms with Gasteiger partial charge in [-0.25, -0.2) is 4.79 Å². The van der Waals surface area contributed by atoms with Crippen molar-refractivity contribution in [3.63, 3.8) is 0 Å². The molecule has 1 heterocycles. The zero-order chi connectivity index (χ0) is 19.8. The number of ether oxygens (including phenoxy) is 1. The number of nitrogens with zero attached hydrogens (tertiary/aromatic N) is 3. The van der Waals surface area contributed by atoms with Crippen LogP contribution in [0.15, 0.2) is 60.7 Å². The van der Waals surface area contributed by atoms with Crippen molar-refractivity contribution in [3.05, 3.63) is 60.7 Å². The number of aromatic nitrogens is 3. The predicted molar refractivity (Wildman–Crippen MR) is 109 cm³/mol. The average molecular weight is 378 g/mol. The Morgan fingerprint density at radius 2 is 1.32 bits per heavy atom. The third-order valence-corrected chi connectivity index (χ3v) is 3.68. The summed E-state index contributed by atoms with van der Waals surface area (Å²) in [6, 6.07) is 18.5. The molecule has 28 heavy (non-hydrogen) atoms. The number of nitrogens with one attached hydrogen (secondary N) is 3. The SMILES string of the molecule is CCOC(=O)C(C)Nc1nc(Nc2ccccc2)nc(Nc2ccccc2)n1. The summed E-state index contributed by atoms with van der Waals surface area (Å²) >= 11 is 0. The van der Waals surface area contributed by atoms with E-state index in [1.54, 1.807) is 13.8 Å². The number of hydrogen-bond acceptors (Lipinski definition) is 8. The van der Waals surface area contributed by atoms with Crippen molar-refractivity contribution in [2.45, 2.75) is 19.9 Å². The van der Waals surface area contributed by atoms with E-state index in [9.17, 15) is 4.79 Å². The third kappa shape index (κ3) is 5.41. The van der Waals surface area contributed by atoms with Gasteiger partial charge >= 0.3 is 5.97 Å². The van der Waals surface area contributed by atoms with Crippen LogP contribution in [0.1, 0.15) is 13.8 Å². The van der Waals surface area contributed by atoms with Crippen molar-refractivity contribution in [1.82, 2.24) is 15.0 Å². The lowest BCUT2D eigenvalue weighted by molar-refractivity contribution is -0.143. The summed E-state index contributed by atoms with van der Waals surface area (Å²) in [5.74, 6) is 0.571. The highest BCUT2D eigenvalue weighted by Gasteiger charge is 2.16. The van der Waals surface area contributed by atoms with Gasteiger partial charge in [0.05, 0.1) is 6.61 Å². The maximum Gasteiger partial charge on any atom is 0.328 e. The van der Waals surface area contributed by atoms with E-state index in [0.29, 0.717) is 18.5 Å². The van der Waals surface area contributed by atoms with Gasteiger partial charge < -0.3 is 20.7 Å². The Labute approximate surface area is 163 Å². The lowest BCUT2D eigenvalue weighted by Crippen LogP contribution is -2.29. The molecule has 144 valence electrons. The van der Waals surface area contributed by atoms with Gasteiger partial charge in [0.1, 0.15) is 6.04 Å². The van der Waals surface area contributed by atoms with Crippen LogP contribution in [0.4, 0.5) is 29.2 Å². The van der Waals surface area contributed by atoms with Gasteiger partial charge in [0.25, 0.3) is 0 Å². The maximum absolute atomic E-state index is 11.9. The first-order chi connectivity index (χ1) is 13.6. The topological polar surface area (TPSA) is 101 Å². The first-order valence-corrected chi connectivity index (χ1v) is 8.97. The predicted octanol–water partition coefficient (Wildman–Crippen LogP) is 3.72. The molecule has 3 aromatic rings. The highest BCUT2D eigenvalue weighted by Crippen LogP contribution is 2.18. The maximum atomic E-state index is 11.9. The standard InChI is InChI=1S/C20H22N6O2/c1-3-28-17(27)14(2)21-18-24-19(22-15-10-6-4-7-11-15)26-20(25-18)23-16-12-8-5-9-13-16/h4-14H,3H2,1-2H3,(H3,21,22,23,24,25,26). The molecule has 0 saturated heterocycles. The van der Waals surface area contributed by atoms with Crippen LogP contribution in [0.3, 0.4) is 0 Å². The lowest BCUT2D eigenvalue weighted by Gasteiger charge is -2.14. The molecule has 0 amide bonds. The van der Waals surface area contributed by atoms with Crippen molar-refractivity contribution in [2.75, 3.05) is 22.6 Å². The fourth-order valence-electron chi connectivity index (χ4n) is 2.37. The van der Waals surface area contributed by atoms with Crippen molar-refractivity contribution in [1.29, 1.82) is 0 Å². The average Bonchev–Trinajstić information content (AvgIpc) is 2.69. The zero-order valence-electron chi connectivity index (χ0n) is 15.7. The number of rotatable bonds is 8. The van der Waals surface area contributed by atoms with Crippen LogP contribution < -0.4 is 16.0 Å². The number of carbonyl (C=O) groups excluding carboxylic acids is 1. The van der Waals surface area contributed by atoms with Crippen LogP contribution in [-0.2, 0) is 9.53 Å². The van der Waals surface area contributed by atoms with Crippen LogP contribution in [-0.4, -0.2) is 33.6 Å². The van der Waals surface area contributed by atoms with Crippen LogP contribution in [0.25, 0.3) is 0 Å². The quantitative estimate of drug-likeness (QED) is 0.510. The van der Waals surface area contributed by atoms with Gasteiger partial charge in [0, 0.05) is 11.4 Å². The zero-order valence-corrected chi connectivity index (χ0v) is 15.7. The fraction of sp³-hybridized carbons (Fsp3) is 0.200. The number of carbonyl (C=O) groups is 1. The summed E-state index contributed by atoms with van der Waals surface area (Å²) in [4.78, 5) is 25.0. The van der Waals surface area contributed by atoms with Gasteiger partial charge in [-0.2, -0.15) is 15.0 Å². The Balaban J connectivity index is 1.85. The number of hydrogen-bond donors (Lipinski definition) is 3. The minimum absolute atomic E-state index is 0.257. The van der Waals surface area contributed by atoms with E-state index < -0.39 is 6.04 Å². The molecule has 3 rings (SSSR count). The molecule has 0 bridgehead atoms. The van der Waals surface area contributed by atoms with Gasteiger partial charge in [-0.15, -0.1) is 0 Å². The van der Waals surface area contributed by atoms with Gasteiger partial charge in [0.2, 0.25) is 17.8 Å². The van der Waals surface area contributed by atoms with Crippen molar-refractivity contribution >= 4 is 35.2 Å². The molecule has 8 heteroatoms. The van der Waals surface area contributed by atoms with E-state index in [4.69, 9.17) is 4.74 Å². The Bertz CT molecular complexity index is 845. The highest BCUT2D eigenvalue weighted by atomic mass is 16.5. The number of benzene rings is 2. The number of anilines is 5. The molecule has 0 radical (unpaired) electrons. The summed E-state index contributed by atoms with van der Waals surface area (Å²) in [5.41, 5.74) is 1.67. The summed E-state index contributed by atoms with van der Waals surface area (Å²) < 4.78 is 5.02. The molecular formula is C20H22N6O2. The van der Waals surface area contributed by atoms with E-state index in [0.717, 1.165) is 11.4 Å². The minimum Gasteiger partial charge on any atom is -0.464 e. The van der Waals surface area contributed by atoms with Gasteiger partial charge in [0.15, 0.2) is 0 Å². The molecule has 2 aromatic carbocycles. The first-order valence-electron chi connectivity index (χ1n) is 8.97. The second-order valence-corrected chi connectivity index (χ2v) is 5.91. The largest absolute Gasteiger partial charge is 0.464 e. The lowest BCUT2D eigenvalue weighted by atomic mass is 10.3. The summed E-state index contributed by atoms with van der Waals surface area (Å²) in [6.45, 7) is 3.76. The molecular weight excluding hydrogens is 356 g/mol. The highest BCUT2D eigenvalue weighted by molar-refractivity contribution is 5.78. The van der Waals surface area contributed by atoms with E-state index >= 15 is 0 Å². The van der Waals surface area contributed by atoms with Gasteiger partial charge in [-0.05, 0) is 38.1 Å². The first kappa shape index (κ1) is 19.1. The summed E-state index contributed by atoms with van der Waals surface area (Å²) in [6.07, 6.45) is 0. The molecule has 0 aliphatic heterocycles. The smallest absolute Gasteiger partial charge is 0.328 e. The van der Waals surface area contributed by atoms with Gasteiger partial charge in [-0.3, -0.25) is 0 Å². The number of esters is 1. The molecule has 0 saturated carbocycles. The molecule has 1 unspecified atom stereocenters. The summed E-state index contributed by atoms with van der Waals surface area (Å²) in [5, 5.41) is 9.24. The van der Waals surface area contributed by atoms with E-state index in [2.05, 4.69) is 30.9 Å². The molecule has 3 N–H and O–H groups in total. The Morgan fingerprint density at radius 1 is 0.857 bits per heavy atom. The molecule has 0 aliphatic carbocycles. The minimum atomic E-state index is -0.600. The third-order valence-electron chi connectivity index (χ3n) is 3.68. The van der Waals surface area contributed by atoms with E-state index in [1.807, 2.05) is 60.7 Å². The van der Waals surface area contributed by atoms with E-state index in [1.165, 1.54) is 0 Å². The van der Waals surface area contributed by atoms with Crippen LogP contribution in [0, 0.1) is 0 Å². The Hall–Kier alpha value is -3.68. The van der Waals surface area contributed by atoms with Crippen molar-refractivity contribution in [2.24, 2.45) is 0 Å².